The number of sulfonamides is 1. The predicted molar refractivity (Wildman–Crippen MR) is 151 cm³/mol. The molecule has 202 valence electrons. The molecule has 1 atom stereocenters. The first kappa shape index (κ1) is 28.9. The van der Waals surface area contributed by atoms with Crippen molar-refractivity contribution in [2.75, 3.05) is 17.4 Å². The van der Waals surface area contributed by atoms with Gasteiger partial charge in [-0.2, -0.15) is 0 Å². The second-order valence-electron chi connectivity index (χ2n) is 9.59. The molecule has 0 bridgehead atoms. The van der Waals surface area contributed by atoms with E-state index in [0.717, 1.165) is 33.0 Å². The van der Waals surface area contributed by atoms with E-state index in [4.69, 9.17) is 0 Å². The number of nitrogens with zero attached hydrogens (tertiary/aromatic N) is 2. The third-order valence-corrected chi connectivity index (χ3v) is 8.21. The highest BCUT2D eigenvalue weighted by Gasteiger charge is 2.33. The van der Waals surface area contributed by atoms with Gasteiger partial charge in [0.05, 0.1) is 10.6 Å². The number of carbonyl (C=O) groups excluding carboxylic acids is 2. The van der Waals surface area contributed by atoms with Gasteiger partial charge in [-0.15, -0.1) is 0 Å². The van der Waals surface area contributed by atoms with E-state index in [1.54, 1.807) is 31.2 Å². The van der Waals surface area contributed by atoms with E-state index < -0.39 is 28.5 Å². The lowest BCUT2D eigenvalue weighted by Crippen LogP contribution is -2.51. The Morgan fingerprint density at radius 2 is 1.53 bits per heavy atom. The standard InChI is InChI=1S/C30H37N3O4S/c1-6-18-31-30(35)25(5)32(20-26-16-13-22(2)14-17-26)29(34)21-33(28-19-23(3)12-15-24(28)4)38(36,37)27-10-8-7-9-11-27/h7-17,19,25H,6,18,20-21H2,1-5H3,(H,31,35)/t25-/m0/s1. The van der Waals surface area contributed by atoms with Gasteiger partial charge < -0.3 is 10.2 Å². The van der Waals surface area contributed by atoms with E-state index >= 15 is 0 Å². The summed E-state index contributed by atoms with van der Waals surface area (Å²) < 4.78 is 28.9. The summed E-state index contributed by atoms with van der Waals surface area (Å²) in [4.78, 5) is 28.4. The van der Waals surface area contributed by atoms with Crippen LogP contribution in [0.5, 0.6) is 0 Å². The molecule has 0 heterocycles. The molecule has 2 amide bonds. The van der Waals surface area contributed by atoms with Crippen LogP contribution >= 0.6 is 0 Å². The number of benzene rings is 3. The van der Waals surface area contributed by atoms with E-state index in [9.17, 15) is 18.0 Å². The molecule has 1 N–H and O–H groups in total. The fourth-order valence-electron chi connectivity index (χ4n) is 4.09. The molecule has 0 aliphatic heterocycles. The largest absolute Gasteiger partial charge is 0.354 e. The number of aryl methyl sites for hydroxylation is 3. The molecule has 7 nitrogen and oxygen atoms in total. The second kappa shape index (κ2) is 12.7. The zero-order chi connectivity index (χ0) is 27.9. The molecule has 0 fully saturated rings. The fraction of sp³-hybridized carbons (Fsp3) is 0.333. The first-order valence-electron chi connectivity index (χ1n) is 12.8. The molecule has 0 aromatic heterocycles. The van der Waals surface area contributed by atoms with Crippen molar-refractivity contribution in [1.82, 2.24) is 10.2 Å². The van der Waals surface area contributed by atoms with Crippen LogP contribution in [-0.4, -0.2) is 44.3 Å². The highest BCUT2D eigenvalue weighted by molar-refractivity contribution is 7.92. The van der Waals surface area contributed by atoms with Crippen LogP contribution in [0.4, 0.5) is 5.69 Å². The molecule has 0 unspecified atom stereocenters. The van der Waals surface area contributed by atoms with Crippen LogP contribution in [0.1, 0.15) is 42.5 Å². The molecule has 0 radical (unpaired) electrons. The van der Waals surface area contributed by atoms with Crippen LogP contribution < -0.4 is 9.62 Å². The first-order valence-corrected chi connectivity index (χ1v) is 14.3. The predicted octanol–water partition coefficient (Wildman–Crippen LogP) is 4.75. The number of anilines is 1. The Kier molecular flexibility index (Phi) is 9.69. The van der Waals surface area contributed by atoms with Crippen molar-refractivity contribution in [2.24, 2.45) is 0 Å². The van der Waals surface area contributed by atoms with Crippen molar-refractivity contribution < 1.29 is 18.0 Å². The molecule has 3 rings (SSSR count). The van der Waals surface area contributed by atoms with Crippen LogP contribution in [0.2, 0.25) is 0 Å². The third kappa shape index (κ3) is 7.01. The third-order valence-electron chi connectivity index (χ3n) is 6.43. The summed E-state index contributed by atoms with van der Waals surface area (Å²) in [6, 6.07) is 20.5. The monoisotopic (exact) mass is 535 g/mol. The fourth-order valence-corrected chi connectivity index (χ4v) is 5.58. The van der Waals surface area contributed by atoms with E-state index in [2.05, 4.69) is 5.32 Å². The molecular weight excluding hydrogens is 498 g/mol. The number of carbonyl (C=O) groups is 2. The van der Waals surface area contributed by atoms with Crippen molar-refractivity contribution in [3.8, 4) is 0 Å². The van der Waals surface area contributed by atoms with Crippen molar-refractivity contribution in [3.63, 3.8) is 0 Å². The van der Waals surface area contributed by atoms with Crippen molar-refractivity contribution in [3.05, 3.63) is 95.1 Å². The number of nitrogens with one attached hydrogen (secondary N) is 1. The SMILES string of the molecule is CCCNC(=O)[C@H](C)N(Cc1ccc(C)cc1)C(=O)CN(c1cc(C)ccc1C)S(=O)(=O)c1ccccc1. The van der Waals surface area contributed by atoms with Gasteiger partial charge in [-0.05, 0) is 69.0 Å². The average molecular weight is 536 g/mol. The summed E-state index contributed by atoms with van der Waals surface area (Å²) in [5, 5.41) is 2.86. The summed E-state index contributed by atoms with van der Waals surface area (Å²) in [5.41, 5.74) is 3.95. The van der Waals surface area contributed by atoms with Crippen molar-refractivity contribution in [1.29, 1.82) is 0 Å². The van der Waals surface area contributed by atoms with Crippen LogP contribution in [0, 0.1) is 20.8 Å². The molecule has 0 saturated heterocycles. The lowest BCUT2D eigenvalue weighted by molar-refractivity contribution is -0.139. The Morgan fingerprint density at radius 1 is 0.895 bits per heavy atom. The minimum Gasteiger partial charge on any atom is -0.354 e. The van der Waals surface area contributed by atoms with Crippen LogP contribution in [0.15, 0.2) is 77.7 Å². The van der Waals surface area contributed by atoms with E-state index in [1.165, 1.54) is 17.0 Å². The van der Waals surface area contributed by atoms with E-state index in [-0.39, 0.29) is 17.3 Å². The second-order valence-corrected chi connectivity index (χ2v) is 11.5. The van der Waals surface area contributed by atoms with Gasteiger partial charge in [-0.25, -0.2) is 8.42 Å². The zero-order valence-corrected chi connectivity index (χ0v) is 23.6. The number of amides is 2. The molecule has 0 spiro atoms. The number of rotatable bonds is 11. The van der Waals surface area contributed by atoms with Crippen LogP contribution in [0.3, 0.4) is 0 Å². The molecule has 3 aromatic carbocycles. The van der Waals surface area contributed by atoms with Gasteiger partial charge in [-0.3, -0.25) is 13.9 Å². The maximum atomic E-state index is 13.9. The molecule has 0 aliphatic carbocycles. The summed E-state index contributed by atoms with van der Waals surface area (Å²) in [6.07, 6.45) is 0.764. The van der Waals surface area contributed by atoms with E-state index in [1.807, 2.05) is 64.1 Å². The molecule has 0 saturated carbocycles. The van der Waals surface area contributed by atoms with Crippen molar-refractivity contribution in [2.45, 2.75) is 58.5 Å². The lowest BCUT2D eigenvalue weighted by Gasteiger charge is -2.32. The molecule has 8 heteroatoms. The minimum atomic E-state index is -4.08. The smallest absolute Gasteiger partial charge is 0.264 e. The maximum absolute atomic E-state index is 13.9. The quantitative estimate of drug-likeness (QED) is 0.384. The van der Waals surface area contributed by atoms with Crippen molar-refractivity contribution >= 4 is 27.5 Å². The molecule has 0 aliphatic rings. The van der Waals surface area contributed by atoms with E-state index in [0.29, 0.717) is 12.2 Å². The van der Waals surface area contributed by atoms with Gasteiger partial charge >= 0.3 is 0 Å². The van der Waals surface area contributed by atoms with Gasteiger partial charge in [0.25, 0.3) is 10.0 Å². The minimum absolute atomic E-state index is 0.0903. The number of hydrogen-bond acceptors (Lipinski definition) is 4. The Balaban J connectivity index is 2.04. The summed E-state index contributed by atoms with van der Waals surface area (Å²) in [5.74, 6) is -0.748. The maximum Gasteiger partial charge on any atom is 0.264 e. The Bertz CT molecular complexity index is 1360. The average Bonchev–Trinajstić information content (AvgIpc) is 2.91. The number of hydrogen-bond donors (Lipinski definition) is 1. The lowest BCUT2D eigenvalue weighted by atomic mass is 10.1. The summed E-state index contributed by atoms with van der Waals surface area (Å²) in [6.45, 7) is 9.52. The normalized spacial score (nSPS) is 12.0. The van der Waals surface area contributed by atoms with Crippen LogP contribution in [-0.2, 0) is 26.2 Å². The summed E-state index contributed by atoms with van der Waals surface area (Å²) in [7, 11) is -4.08. The van der Waals surface area contributed by atoms with Crippen LogP contribution in [0.25, 0.3) is 0 Å². The zero-order valence-electron chi connectivity index (χ0n) is 22.8. The Hall–Kier alpha value is -3.65. The van der Waals surface area contributed by atoms with Gasteiger partial charge in [0.15, 0.2) is 0 Å². The van der Waals surface area contributed by atoms with Gasteiger partial charge in [0.1, 0.15) is 12.6 Å². The van der Waals surface area contributed by atoms with Gasteiger partial charge in [0.2, 0.25) is 11.8 Å². The highest BCUT2D eigenvalue weighted by Crippen LogP contribution is 2.28. The Morgan fingerprint density at radius 3 is 2.16 bits per heavy atom. The molecule has 38 heavy (non-hydrogen) atoms. The first-order chi connectivity index (χ1) is 18.0. The highest BCUT2D eigenvalue weighted by atomic mass is 32.2. The Labute approximate surface area is 226 Å². The van der Waals surface area contributed by atoms with Gasteiger partial charge in [0, 0.05) is 13.1 Å². The molecular formula is C30H37N3O4S. The topological polar surface area (TPSA) is 86.8 Å². The molecule has 3 aromatic rings. The van der Waals surface area contributed by atoms with Gasteiger partial charge in [-0.1, -0.05) is 67.1 Å². The summed E-state index contributed by atoms with van der Waals surface area (Å²) >= 11 is 0.